The SMILES string of the molecule is SCC=Cc1cc(Cl)cnc1Cl. The van der Waals surface area contributed by atoms with E-state index in [2.05, 4.69) is 17.6 Å². The lowest BCUT2D eigenvalue weighted by atomic mass is 10.3. The van der Waals surface area contributed by atoms with E-state index in [1.54, 1.807) is 6.07 Å². The largest absolute Gasteiger partial charge is 0.242 e. The van der Waals surface area contributed by atoms with E-state index in [1.807, 2.05) is 12.2 Å². The molecule has 1 rings (SSSR count). The summed E-state index contributed by atoms with van der Waals surface area (Å²) in [6, 6.07) is 1.76. The van der Waals surface area contributed by atoms with Gasteiger partial charge in [-0.2, -0.15) is 12.6 Å². The molecule has 1 aromatic heterocycles. The van der Waals surface area contributed by atoms with Gasteiger partial charge in [-0.1, -0.05) is 35.4 Å². The van der Waals surface area contributed by atoms with Crippen LogP contribution in [0.4, 0.5) is 0 Å². The molecule has 1 aromatic rings. The molecular formula is C8H7Cl2NS. The normalized spacial score (nSPS) is 10.9. The zero-order valence-electron chi connectivity index (χ0n) is 6.17. The van der Waals surface area contributed by atoms with Gasteiger partial charge in [0, 0.05) is 17.5 Å². The van der Waals surface area contributed by atoms with Crippen molar-refractivity contribution in [1.29, 1.82) is 0 Å². The van der Waals surface area contributed by atoms with Crippen LogP contribution in [0.2, 0.25) is 10.2 Å². The van der Waals surface area contributed by atoms with Crippen LogP contribution in [-0.2, 0) is 0 Å². The van der Waals surface area contributed by atoms with Gasteiger partial charge in [-0.05, 0) is 6.07 Å². The molecule has 64 valence electrons. The summed E-state index contributed by atoms with van der Waals surface area (Å²) in [6.45, 7) is 0. The van der Waals surface area contributed by atoms with Gasteiger partial charge in [0.2, 0.25) is 0 Å². The average molecular weight is 220 g/mol. The molecule has 12 heavy (non-hydrogen) atoms. The van der Waals surface area contributed by atoms with Gasteiger partial charge in [-0.15, -0.1) is 0 Å². The quantitative estimate of drug-likeness (QED) is 0.595. The number of nitrogens with zero attached hydrogens (tertiary/aromatic N) is 1. The molecule has 0 unspecified atom stereocenters. The second-order valence-electron chi connectivity index (χ2n) is 2.12. The Balaban J connectivity index is 2.97. The maximum absolute atomic E-state index is 5.79. The highest BCUT2D eigenvalue weighted by Gasteiger charge is 1.97. The first-order valence-corrected chi connectivity index (χ1v) is 4.71. The molecule has 1 nitrogen and oxygen atoms in total. The Morgan fingerprint density at radius 1 is 1.50 bits per heavy atom. The van der Waals surface area contributed by atoms with Crippen molar-refractivity contribution in [2.45, 2.75) is 0 Å². The molecule has 0 bridgehead atoms. The zero-order chi connectivity index (χ0) is 8.97. The Morgan fingerprint density at radius 2 is 2.25 bits per heavy atom. The monoisotopic (exact) mass is 219 g/mol. The van der Waals surface area contributed by atoms with Crippen LogP contribution in [0.5, 0.6) is 0 Å². The summed E-state index contributed by atoms with van der Waals surface area (Å²) in [6.07, 6.45) is 5.23. The minimum atomic E-state index is 0.456. The first kappa shape index (κ1) is 9.90. The minimum Gasteiger partial charge on any atom is -0.242 e. The van der Waals surface area contributed by atoms with Crippen molar-refractivity contribution >= 4 is 41.9 Å². The molecule has 0 radical (unpaired) electrons. The second-order valence-corrected chi connectivity index (χ2v) is 3.28. The third-order valence-electron chi connectivity index (χ3n) is 1.24. The first-order chi connectivity index (χ1) is 5.74. The van der Waals surface area contributed by atoms with Gasteiger partial charge >= 0.3 is 0 Å². The predicted octanol–water partition coefficient (Wildman–Crippen LogP) is 3.33. The Morgan fingerprint density at radius 3 is 2.92 bits per heavy atom. The van der Waals surface area contributed by atoms with Crippen molar-refractivity contribution < 1.29 is 0 Å². The van der Waals surface area contributed by atoms with E-state index in [-0.39, 0.29) is 0 Å². The Bertz CT molecular complexity index is 299. The molecule has 1 heterocycles. The van der Waals surface area contributed by atoms with Crippen molar-refractivity contribution in [3.63, 3.8) is 0 Å². The Kier molecular flexibility index (Phi) is 3.92. The standard InChI is InChI=1S/C8H7Cl2NS/c9-7-4-6(2-1-3-12)8(10)11-5-7/h1-2,4-5,12H,3H2. The van der Waals surface area contributed by atoms with E-state index in [0.717, 1.165) is 5.56 Å². The van der Waals surface area contributed by atoms with Crippen molar-refractivity contribution in [3.05, 3.63) is 34.1 Å². The van der Waals surface area contributed by atoms with Crippen molar-refractivity contribution in [2.75, 3.05) is 5.75 Å². The summed E-state index contributed by atoms with van der Waals surface area (Å²) in [5.74, 6) is 0.669. The minimum absolute atomic E-state index is 0.456. The van der Waals surface area contributed by atoms with Crippen molar-refractivity contribution in [3.8, 4) is 0 Å². The van der Waals surface area contributed by atoms with Crippen LogP contribution >= 0.6 is 35.8 Å². The number of aromatic nitrogens is 1. The van der Waals surface area contributed by atoms with Crippen molar-refractivity contribution in [2.24, 2.45) is 0 Å². The van der Waals surface area contributed by atoms with Crippen LogP contribution in [-0.4, -0.2) is 10.7 Å². The molecule has 0 saturated carbocycles. The van der Waals surface area contributed by atoms with E-state index in [0.29, 0.717) is 15.9 Å². The third-order valence-corrected chi connectivity index (χ3v) is 1.97. The highest BCUT2D eigenvalue weighted by atomic mass is 35.5. The van der Waals surface area contributed by atoms with Crippen LogP contribution in [0.15, 0.2) is 18.3 Å². The fourth-order valence-electron chi connectivity index (χ4n) is 0.735. The van der Waals surface area contributed by atoms with Crippen LogP contribution in [0.25, 0.3) is 6.08 Å². The van der Waals surface area contributed by atoms with Crippen LogP contribution in [0, 0.1) is 0 Å². The second kappa shape index (κ2) is 4.75. The van der Waals surface area contributed by atoms with Gasteiger partial charge in [-0.25, -0.2) is 4.98 Å². The Labute approximate surface area is 86.8 Å². The average Bonchev–Trinajstić information content (AvgIpc) is 2.07. The van der Waals surface area contributed by atoms with Gasteiger partial charge in [0.05, 0.1) is 5.02 Å². The maximum atomic E-state index is 5.79. The summed E-state index contributed by atoms with van der Waals surface area (Å²) in [5, 5.41) is 1.04. The first-order valence-electron chi connectivity index (χ1n) is 3.32. The fourth-order valence-corrected chi connectivity index (χ4v) is 1.17. The molecule has 0 fully saturated rings. The van der Waals surface area contributed by atoms with E-state index in [4.69, 9.17) is 23.2 Å². The van der Waals surface area contributed by atoms with Gasteiger partial charge in [0.15, 0.2) is 0 Å². The van der Waals surface area contributed by atoms with Gasteiger partial charge in [0.1, 0.15) is 5.15 Å². The molecule has 0 aromatic carbocycles. The molecule has 4 heteroatoms. The Hall–Kier alpha value is -0.180. The van der Waals surface area contributed by atoms with Crippen molar-refractivity contribution in [1.82, 2.24) is 4.98 Å². The molecule has 0 N–H and O–H groups in total. The number of halogens is 2. The molecule has 0 atom stereocenters. The number of rotatable bonds is 2. The lowest BCUT2D eigenvalue weighted by Gasteiger charge is -1.96. The molecular weight excluding hydrogens is 213 g/mol. The third kappa shape index (κ3) is 2.70. The summed E-state index contributed by atoms with van der Waals surface area (Å²) in [5.41, 5.74) is 0.818. The summed E-state index contributed by atoms with van der Waals surface area (Å²) >= 11 is 15.5. The molecule has 0 aliphatic carbocycles. The summed E-state index contributed by atoms with van der Waals surface area (Å²) in [4.78, 5) is 3.89. The fraction of sp³-hybridized carbons (Fsp3) is 0.125. The molecule has 0 aliphatic heterocycles. The van der Waals surface area contributed by atoms with Crippen LogP contribution < -0.4 is 0 Å². The van der Waals surface area contributed by atoms with Gasteiger partial charge in [0.25, 0.3) is 0 Å². The number of thiol groups is 1. The zero-order valence-corrected chi connectivity index (χ0v) is 8.57. The number of hydrogen-bond acceptors (Lipinski definition) is 2. The predicted molar refractivity (Wildman–Crippen MR) is 57.1 cm³/mol. The highest BCUT2D eigenvalue weighted by Crippen LogP contribution is 2.18. The lowest BCUT2D eigenvalue weighted by Crippen LogP contribution is -1.80. The van der Waals surface area contributed by atoms with Gasteiger partial charge < -0.3 is 0 Å². The van der Waals surface area contributed by atoms with E-state index >= 15 is 0 Å². The van der Waals surface area contributed by atoms with Crippen LogP contribution in [0.1, 0.15) is 5.56 Å². The number of pyridine rings is 1. The maximum Gasteiger partial charge on any atom is 0.136 e. The summed E-state index contributed by atoms with van der Waals surface area (Å²) in [7, 11) is 0. The topological polar surface area (TPSA) is 12.9 Å². The smallest absolute Gasteiger partial charge is 0.136 e. The lowest BCUT2D eigenvalue weighted by molar-refractivity contribution is 1.32. The highest BCUT2D eigenvalue weighted by molar-refractivity contribution is 7.80. The molecule has 0 amide bonds. The van der Waals surface area contributed by atoms with Gasteiger partial charge in [-0.3, -0.25) is 0 Å². The molecule has 0 saturated heterocycles. The molecule has 0 spiro atoms. The number of hydrogen-bond donors (Lipinski definition) is 1. The van der Waals surface area contributed by atoms with E-state index < -0.39 is 0 Å². The van der Waals surface area contributed by atoms with Crippen LogP contribution in [0.3, 0.4) is 0 Å². The molecule has 0 aliphatic rings. The van der Waals surface area contributed by atoms with E-state index in [1.165, 1.54) is 6.20 Å². The summed E-state index contributed by atoms with van der Waals surface area (Å²) < 4.78 is 0. The van der Waals surface area contributed by atoms with E-state index in [9.17, 15) is 0 Å².